The maximum Gasteiger partial charge on any atom is 0.185 e. The molecule has 2 nitrogen and oxygen atoms in total. The predicted octanol–water partition coefficient (Wildman–Crippen LogP) is 1.35. The molecule has 0 unspecified atom stereocenters. The number of allylic oxidation sites excluding steroid dienone is 3. The molecule has 1 aliphatic rings. The van der Waals surface area contributed by atoms with Crippen molar-refractivity contribution in [2.45, 2.75) is 13.8 Å². The van der Waals surface area contributed by atoms with Crippen LogP contribution in [0.2, 0.25) is 0 Å². The van der Waals surface area contributed by atoms with Gasteiger partial charge in [-0.2, -0.15) is 0 Å². The molecular weight excluding hydrogens is 116 g/mol. The first kappa shape index (κ1) is 6.08. The summed E-state index contributed by atoms with van der Waals surface area (Å²) in [7, 11) is 0. The zero-order chi connectivity index (χ0) is 7.02. The van der Waals surface area contributed by atoms with Gasteiger partial charge < -0.3 is 5.11 Å². The van der Waals surface area contributed by atoms with Gasteiger partial charge in [0.05, 0.1) is 0 Å². The molecule has 0 aromatic heterocycles. The maximum absolute atomic E-state index is 10.7. The average Bonchev–Trinajstić information content (AvgIpc) is 1.98. The second-order valence-corrected chi connectivity index (χ2v) is 2.14. The van der Waals surface area contributed by atoms with Gasteiger partial charge in [0.25, 0.3) is 0 Å². The van der Waals surface area contributed by atoms with E-state index in [2.05, 4.69) is 0 Å². The predicted molar refractivity (Wildman–Crippen MR) is 34.1 cm³/mol. The smallest absolute Gasteiger partial charge is 0.185 e. The molecule has 1 N–H and O–H groups in total. The van der Waals surface area contributed by atoms with Crippen LogP contribution in [0.3, 0.4) is 0 Å². The summed E-state index contributed by atoms with van der Waals surface area (Å²) >= 11 is 0. The summed E-state index contributed by atoms with van der Waals surface area (Å²) in [5.41, 5.74) is 1.34. The van der Waals surface area contributed by atoms with Gasteiger partial charge in [-0.3, -0.25) is 4.79 Å². The van der Waals surface area contributed by atoms with E-state index in [1.165, 1.54) is 6.08 Å². The molecule has 0 saturated carbocycles. The summed E-state index contributed by atoms with van der Waals surface area (Å²) in [5.74, 6) is 0.0301. The van der Waals surface area contributed by atoms with E-state index in [4.69, 9.17) is 5.11 Å². The number of carbonyl (C=O) groups excluding carboxylic acids is 1. The van der Waals surface area contributed by atoms with Gasteiger partial charge in [0, 0.05) is 11.6 Å². The molecule has 0 fully saturated rings. The second kappa shape index (κ2) is 1.72. The molecule has 2 heteroatoms. The van der Waals surface area contributed by atoms with Crippen LogP contribution in [0.25, 0.3) is 0 Å². The lowest BCUT2D eigenvalue weighted by molar-refractivity contribution is -0.111. The summed E-state index contributed by atoms with van der Waals surface area (Å²) in [6.45, 7) is 3.43. The van der Waals surface area contributed by atoms with Crippen molar-refractivity contribution < 1.29 is 9.90 Å². The monoisotopic (exact) mass is 124 g/mol. The third-order valence-corrected chi connectivity index (χ3v) is 1.58. The summed E-state index contributed by atoms with van der Waals surface area (Å²) in [5, 5.41) is 8.92. The SMILES string of the molecule is CC1=C(C)C(O)=CC1=O. The Morgan fingerprint density at radius 1 is 1.33 bits per heavy atom. The van der Waals surface area contributed by atoms with Crippen molar-refractivity contribution in [2.75, 3.05) is 0 Å². The molecule has 0 heterocycles. The molecule has 9 heavy (non-hydrogen) atoms. The summed E-state index contributed by atoms with van der Waals surface area (Å²) in [4.78, 5) is 10.7. The summed E-state index contributed by atoms with van der Waals surface area (Å²) in [6.07, 6.45) is 1.24. The van der Waals surface area contributed by atoms with Crippen LogP contribution in [0.15, 0.2) is 23.0 Å². The van der Waals surface area contributed by atoms with E-state index in [1.807, 2.05) is 0 Å². The van der Waals surface area contributed by atoms with Crippen LogP contribution >= 0.6 is 0 Å². The van der Waals surface area contributed by atoms with Crippen molar-refractivity contribution >= 4 is 5.78 Å². The molecule has 0 radical (unpaired) electrons. The molecule has 0 saturated heterocycles. The van der Waals surface area contributed by atoms with Gasteiger partial charge >= 0.3 is 0 Å². The topological polar surface area (TPSA) is 37.3 Å². The number of hydrogen-bond donors (Lipinski definition) is 1. The fraction of sp³-hybridized carbons (Fsp3) is 0.286. The highest BCUT2D eigenvalue weighted by molar-refractivity contribution is 6.08. The molecule has 0 aromatic rings. The van der Waals surface area contributed by atoms with Crippen molar-refractivity contribution in [2.24, 2.45) is 0 Å². The summed E-state index contributed by atoms with van der Waals surface area (Å²) in [6, 6.07) is 0. The summed E-state index contributed by atoms with van der Waals surface area (Å²) < 4.78 is 0. The highest BCUT2D eigenvalue weighted by Gasteiger charge is 2.15. The number of rotatable bonds is 0. The first-order valence-electron chi connectivity index (χ1n) is 2.76. The number of hydrogen-bond acceptors (Lipinski definition) is 2. The van der Waals surface area contributed by atoms with E-state index in [0.717, 1.165) is 0 Å². The standard InChI is InChI=1S/C7H8O2/c1-4-5(2)7(9)3-6(4)8/h3,8H,1-2H3. The Kier molecular flexibility index (Phi) is 1.16. The van der Waals surface area contributed by atoms with Crippen LogP contribution in [0.5, 0.6) is 0 Å². The van der Waals surface area contributed by atoms with Crippen LogP contribution in [-0.4, -0.2) is 10.9 Å². The number of aliphatic hydroxyl groups is 1. The zero-order valence-electron chi connectivity index (χ0n) is 5.43. The fourth-order valence-electron chi connectivity index (χ4n) is 0.718. The molecule has 0 amide bonds. The lowest BCUT2D eigenvalue weighted by Crippen LogP contribution is -1.88. The Labute approximate surface area is 53.5 Å². The van der Waals surface area contributed by atoms with E-state index >= 15 is 0 Å². The minimum absolute atomic E-state index is 0.0787. The zero-order valence-corrected chi connectivity index (χ0v) is 5.43. The molecule has 0 atom stereocenters. The van der Waals surface area contributed by atoms with Gasteiger partial charge in [-0.05, 0) is 19.4 Å². The van der Waals surface area contributed by atoms with Crippen LogP contribution in [0.4, 0.5) is 0 Å². The Morgan fingerprint density at radius 2 is 1.89 bits per heavy atom. The quantitative estimate of drug-likeness (QED) is 0.529. The third-order valence-electron chi connectivity index (χ3n) is 1.58. The van der Waals surface area contributed by atoms with E-state index in [1.54, 1.807) is 13.8 Å². The van der Waals surface area contributed by atoms with Crippen LogP contribution in [-0.2, 0) is 4.79 Å². The normalized spacial score (nSPS) is 18.9. The molecular formula is C7H8O2. The second-order valence-electron chi connectivity index (χ2n) is 2.14. The van der Waals surface area contributed by atoms with Gasteiger partial charge in [-0.1, -0.05) is 0 Å². The third kappa shape index (κ3) is 0.762. The molecule has 0 bridgehead atoms. The Balaban J connectivity index is 3.11. The number of ketones is 1. The van der Waals surface area contributed by atoms with Crippen LogP contribution in [0, 0.1) is 0 Å². The number of aliphatic hydroxyl groups excluding tert-OH is 1. The lowest BCUT2D eigenvalue weighted by atomic mass is 10.2. The minimum atomic E-state index is -0.0787. The van der Waals surface area contributed by atoms with Crippen molar-refractivity contribution in [1.82, 2.24) is 0 Å². The van der Waals surface area contributed by atoms with Crippen molar-refractivity contribution in [1.29, 1.82) is 0 Å². The Morgan fingerprint density at radius 3 is 2.00 bits per heavy atom. The maximum atomic E-state index is 10.7. The van der Waals surface area contributed by atoms with Gasteiger partial charge in [-0.15, -0.1) is 0 Å². The van der Waals surface area contributed by atoms with E-state index in [9.17, 15) is 4.79 Å². The largest absolute Gasteiger partial charge is 0.508 e. The number of carbonyl (C=O) groups is 1. The van der Waals surface area contributed by atoms with E-state index < -0.39 is 0 Å². The minimum Gasteiger partial charge on any atom is -0.508 e. The van der Waals surface area contributed by atoms with Gasteiger partial charge in [0.15, 0.2) is 5.78 Å². The molecule has 0 aromatic carbocycles. The van der Waals surface area contributed by atoms with Gasteiger partial charge in [0.1, 0.15) is 5.76 Å². The molecule has 1 aliphatic carbocycles. The lowest BCUT2D eigenvalue weighted by Gasteiger charge is -1.91. The van der Waals surface area contributed by atoms with Crippen LogP contribution in [0.1, 0.15) is 13.8 Å². The Bertz CT molecular complexity index is 221. The van der Waals surface area contributed by atoms with E-state index in [-0.39, 0.29) is 11.5 Å². The molecule has 0 aliphatic heterocycles. The van der Waals surface area contributed by atoms with Gasteiger partial charge in [0.2, 0.25) is 0 Å². The highest BCUT2D eigenvalue weighted by atomic mass is 16.3. The van der Waals surface area contributed by atoms with E-state index in [0.29, 0.717) is 11.1 Å². The average molecular weight is 124 g/mol. The molecule has 48 valence electrons. The first-order valence-corrected chi connectivity index (χ1v) is 2.76. The van der Waals surface area contributed by atoms with Crippen molar-refractivity contribution in [3.05, 3.63) is 23.0 Å². The molecule has 1 rings (SSSR count). The fourth-order valence-corrected chi connectivity index (χ4v) is 0.718. The van der Waals surface area contributed by atoms with Gasteiger partial charge in [-0.25, -0.2) is 0 Å². The van der Waals surface area contributed by atoms with Crippen molar-refractivity contribution in [3.63, 3.8) is 0 Å². The van der Waals surface area contributed by atoms with Crippen LogP contribution < -0.4 is 0 Å². The Hall–Kier alpha value is -1.05. The molecule has 0 spiro atoms. The van der Waals surface area contributed by atoms with Crippen molar-refractivity contribution in [3.8, 4) is 0 Å². The first-order chi connectivity index (χ1) is 4.13. The highest BCUT2D eigenvalue weighted by Crippen LogP contribution is 2.19.